The minimum Gasteiger partial charge on any atom is -0.452 e. The summed E-state index contributed by atoms with van der Waals surface area (Å²) in [7, 11) is 0. The highest BCUT2D eigenvalue weighted by molar-refractivity contribution is 9.10. The van der Waals surface area contributed by atoms with Gasteiger partial charge in [0, 0.05) is 17.8 Å². The fourth-order valence-electron chi connectivity index (χ4n) is 2.76. The first-order valence-electron chi connectivity index (χ1n) is 7.55. The third-order valence-corrected chi connectivity index (χ3v) is 4.22. The van der Waals surface area contributed by atoms with E-state index in [2.05, 4.69) is 15.9 Å². The molecule has 1 aromatic carbocycles. The van der Waals surface area contributed by atoms with Crippen LogP contribution in [0.4, 0.5) is 5.69 Å². The molecule has 0 spiro atoms. The summed E-state index contributed by atoms with van der Waals surface area (Å²) in [5.41, 5.74) is 2.02. The van der Waals surface area contributed by atoms with Crippen molar-refractivity contribution in [1.82, 2.24) is 0 Å². The fourth-order valence-corrected chi connectivity index (χ4v) is 3.08. The number of halogens is 1. The zero-order chi connectivity index (χ0) is 17.1. The minimum absolute atomic E-state index is 0.0598. The number of hydrogen-bond donors (Lipinski definition) is 0. The Balaban J connectivity index is 1.57. The molecule has 1 aliphatic heterocycles. The molecule has 1 aliphatic rings. The lowest BCUT2D eigenvalue weighted by molar-refractivity contribution is -0.143. The van der Waals surface area contributed by atoms with Gasteiger partial charge in [-0.05, 0) is 59.1 Å². The van der Waals surface area contributed by atoms with Crippen LogP contribution in [0.2, 0.25) is 0 Å². The van der Waals surface area contributed by atoms with Crippen LogP contribution in [0, 0.1) is 0 Å². The van der Waals surface area contributed by atoms with Gasteiger partial charge in [0.1, 0.15) is 5.76 Å². The summed E-state index contributed by atoms with van der Waals surface area (Å²) in [4.78, 5) is 25.8. The van der Waals surface area contributed by atoms with E-state index in [1.54, 1.807) is 17.0 Å². The lowest BCUT2D eigenvalue weighted by atomic mass is 10.1. The Kier molecular flexibility index (Phi) is 4.85. The first-order valence-corrected chi connectivity index (χ1v) is 8.34. The van der Waals surface area contributed by atoms with Crippen LogP contribution in [0.15, 0.2) is 51.6 Å². The Hall–Kier alpha value is -2.34. The van der Waals surface area contributed by atoms with Crippen molar-refractivity contribution in [3.05, 3.63) is 58.5 Å². The van der Waals surface area contributed by atoms with E-state index in [0.29, 0.717) is 10.4 Å². The van der Waals surface area contributed by atoms with Gasteiger partial charge in [-0.25, -0.2) is 4.79 Å². The number of benzene rings is 1. The van der Waals surface area contributed by atoms with Crippen LogP contribution in [0.25, 0.3) is 6.08 Å². The average molecular weight is 390 g/mol. The number of fused-ring (bicyclic) bond motifs is 1. The molecule has 5 nitrogen and oxygen atoms in total. The van der Waals surface area contributed by atoms with Gasteiger partial charge in [-0.2, -0.15) is 0 Å². The maximum atomic E-state index is 12.4. The van der Waals surface area contributed by atoms with Gasteiger partial charge in [-0.15, -0.1) is 0 Å². The van der Waals surface area contributed by atoms with Crippen molar-refractivity contribution in [2.75, 3.05) is 11.5 Å². The van der Waals surface area contributed by atoms with Crippen LogP contribution in [0.5, 0.6) is 0 Å². The van der Waals surface area contributed by atoms with E-state index in [1.165, 1.54) is 12.2 Å². The van der Waals surface area contributed by atoms with Gasteiger partial charge in [0.25, 0.3) is 5.91 Å². The number of carbonyl (C=O) groups is 2. The summed E-state index contributed by atoms with van der Waals surface area (Å²) in [5.74, 6) is -0.293. The molecule has 1 atom stereocenters. The van der Waals surface area contributed by atoms with Crippen molar-refractivity contribution in [3.8, 4) is 0 Å². The van der Waals surface area contributed by atoms with E-state index in [-0.39, 0.29) is 18.6 Å². The van der Waals surface area contributed by atoms with Gasteiger partial charge >= 0.3 is 5.97 Å². The van der Waals surface area contributed by atoms with Gasteiger partial charge in [0.15, 0.2) is 11.3 Å². The predicted molar refractivity (Wildman–Crippen MR) is 93.5 cm³/mol. The highest BCUT2D eigenvalue weighted by Gasteiger charge is 2.30. The molecule has 0 aliphatic carbocycles. The summed E-state index contributed by atoms with van der Waals surface area (Å²) in [6.45, 7) is 1.69. The van der Waals surface area contributed by atoms with E-state index in [0.717, 1.165) is 17.7 Å². The maximum Gasteiger partial charge on any atom is 0.331 e. The van der Waals surface area contributed by atoms with Crippen molar-refractivity contribution in [1.29, 1.82) is 0 Å². The van der Waals surface area contributed by atoms with Crippen molar-refractivity contribution in [3.63, 3.8) is 0 Å². The van der Waals surface area contributed by atoms with E-state index < -0.39 is 5.97 Å². The number of furan rings is 1. The Morgan fingerprint density at radius 1 is 1.33 bits per heavy atom. The van der Waals surface area contributed by atoms with Crippen LogP contribution in [0.1, 0.15) is 18.2 Å². The van der Waals surface area contributed by atoms with E-state index >= 15 is 0 Å². The SMILES string of the molecule is C[C@H]1Cc2ccccc2N1C(=O)COC(=O)/C=C/c1ccc(Br)o1. The average Bonchev–Trinajstić information content (AvgIpc) is 3.12. The quantitative estimate of drug-likeness (QED) is 0.592. The van der Waals surface area contributed by atoms with Crippen molar-refractivity contribution < 1.29 is 18.7 Å². The molecule has 2 heterocycles. The number of ether oxygens (including phenoxy) is 1. The Labute approximate surface area is 148 Å². The maximum absolute atomic E-state index is 12.4. The third kappa shape index (κ3) is 3.59. The number of esters is 1. The second-order valence-electron chi connectivity index (χ2n) is 5.53. The molecular weight excluding hydrogens is 374 g/mol. The van der Waals surface area contributed by atoms with Crippen LogP contribution < -0.4 is 4.90 Å². The molecule has 3 rings (SSSR count). The highest BCUT2D eigenvalue weighted by atomic mass is 79.9. The number of anilines is 1. The largest absolute Gasteiger partial charge is 0.452 e. The van der Waals surface area contributed by atoms with Crippen LogP contribution in [-0.2, 0) is 20.7 Å². The van der Waals surface area contributed by atoms with Crippen LogP contribution in [-0.4, -0.2) is 24.5 Å². The van der Waals surface area contributed by atoms with Crippen LogP contribution in [0.3, 0.4) is 0 Å². The number of hydrogen-bond acceptors (Lipinski definition) is 4. The lowest BCUT2D eigenvalue weighted by Crippen LogP contribution is -2.38. The minimum atomic E-state index is -0.587. The van der Waals surface area contributed by atoms with Crippen molar-refractivity contribution in [2.24, 2.45) is 0 Å². The highest BCUT2D eigenvalue weighted by Crippen LogP contribution is 2.31. The van der Waals surface area contributed by atoms with Gasteiger partial charge in [-0.1, -0.05) is 18.2 Å². The molecule has 0 radical (unpaired) electrons. The van der Waals surface area contributed by atoms with Gasteiger partial charge in [0.05, 0.1) is 0 Å². The molecule has 0 N–H and O–H groups in total. The van der Waals surface area contributed by atoms with Gasteiger partial charge in [-0.3, -0.25) is 4.79 Å². The van der Waals surface area contributed by atoms with Crippen molar-refractivity contribution in [2.45, 2.75) is 19.4 Å². The molecule has 6 heteroatoms. The molecule has 0 saturated carbocycles. The molecule has 1 amide bonds. The standard InChI is InChI=1S/C18H16BrNO4/c1-12-10-13-4-2-3-5-15(13)20(12)17(21)11-23-18(22)9-7-14-6-8-16(19)24-14/h2-9,12H,10-11H2,1H3/b9-7+/t12-/m0/s1. The number of rotatable bonds is 4. The monoisotopic (exact) mass is 389 g/mol. The van der Waals surface area contributed by atoms with Crippen LogP contribution >= 0.6 is 15.9 Å². The molecular formula is C18H16BrNO4. The van der Waals surface area contributed by atoms with E-state index in [1.807, 2.05) is 31.2 Å². The van der Waals surface area contributed by atoms with E-state index in [4.69, 9.17) is 9.15 Å². The molecule has 124 valence electrons. The first-order chi connectivity index (χ1) is 11.5. The van der Waals surface area contributed by atoms with Crippen molar-refractivity contribution >= 4 is 39.6 Å². The topological polar surface area (TPSA) is 59.8 Å². The first kappa shape index (κ1) is 16.5. The number of amides is 1. The summed E-state index contributed by atoms with van der Waals surface area (Å²) < 4.78 is 10.9. The Bertz CT molecular complexity index is 796. The molecule has 0 unspecified atom stereocenters. The molecule has 24 heavy (non-hydrogen) atoms. The summed E-state index contributed by atoms with van der Waals surface area (Å²) in [5, 5.41) is 0. The summed E-state index contributed by atoms with van der Waals surface area (Å²) in [6.07, 6.45) is 3.54. The van der Waals surface area contributed by atoms with E-state index in [9.17, 15) is 9.59 Å². The second kappa shape index (κ2) is 7.05. The predicted octanol–water partition coefficient (Wildman–Crippen LogP) is 3.58. The second-order valence-corrected chi connectivity index (χ2v) is 6.31. The fraction of sp³-hybridized carbons (Fsp3) is 0.222. The zero-order valence-corrected chi connectivity index (χ0v) is 14.7. The zero-order valence-electron chi connectivity index (χ0n) is 13.1. The number of para-hydroxylation sites is 1. The molecule has 0 fully saturated rings. The lowest BCUT2D eigenvalue weighted by Gasteiger charge is -2.22. The van der Waals surface area contributed by atoms with Gasteiger partial charge < -0.3 is 14.1 Å². The number of carbonyl (C=O) groups excluding carboxylic acids is 2. The smallest absolute Gasteiger partial charge is 0.331 e. The van der Waals surface area contributed by atoms with Gasteiger partial charge in [0.2, 0.25) is 0 Å². The summed E-state index contributed by atoms with van der Waals surface area (Å²) in [6, 6.07) is 11.3. The summed E-state index contributed by atoms with van der Waals surface area (Å²) >= 11 is 3.18. The third-order valence-electron chi connectivity index (χ3n) is 3.79. The Morgan fingerprint density at radius 2 is 2.12 bits per heavy atom. The molecule has 2 aromatic rings. The molecule has 1 aromatic heterocycles. The number of nitrogens with zero attached hydrogens (tertiary/aromatic N) is 1. The normalized spacial score (nSPS) is 16.4. The Morgan fingerprint density at radius 3 is 2.88 bits per heavy atom. The molecule has 0 bridgehead atoms. The molecule has 0 saturated heterocycles.